The molecule has 2 aliphatic rings. The number of ether oxygens (including phenoxy) is 1. The Morgan fingerprint density at radius 1 is 1.12 bits per heavy atom. The van der Waals surface area contributed by atoms with E-state index in [0.29, 0.717) is 0 Å². The number of nitrogens with zero attached hydrogens (tertiary/aromatic N) is 1. The number of rotatable bonds is 2. The fourth-order valence-electron chi connectivity index (χ4n) is 3.36. The molecule has 0 spiro atoms. The molecular weight excluding hydrogens is 298 g/mol. The fraction of sp³-hybridized carbons (Fsp3) is 0.150. The number of para-hydroxylation sites is 1. The summed E-state index contributed by atoms with van der Waals surface area (Å²) in [4.78, 5) is 8.18. The zero-order valence-corrected chi connectivity index (χ0v) is 13.1. The highest BCUT2D eigenvalue weighted by Crippen LogP contribution is 2.36. The lowest BCUT2D eigenvalue weighted by molar-refractivity contribution is 0.229. The topological polar surface area (TPSA) is 49.9 Å². The molecule has 0 bridgehead atoms. The molecule has 0 aliphatic carbocycles. The summed E-state index contributed by atoms with van der Waals surface area (Å²) in [6, 6.07) is 14.6. The van der Waals surface area contributed by atoms with Crippen molar-refractivity contribution in [2.45, 2.75) is 12.5 Å². The molecule has 1 atom stereocenters. The third kappa shape index (κ3) is 2.19. The zero-order chi connectivity index (χ0) is 15.9. The second kappa shape index (κ2) is 5.27. The van der Waals surface area contributed by atoms with Gasteiger partial charge in [0, 0.05) is 13.0 Å². The molecule has 2 aromatic carbocycles. The van der Waals surface area contributed by atoms with Gasteiger partial charge in [-0.15, -0.1) is 0 Å². The summed E-state index contributed by atoms with van der Waals surface area (Å²) in [5.41, 5.74) is 5.71. The fourth-order valence-corrected chi connectivity index (χ4v) is 3.36. The summed E-state index contributed by atoms with van der Waals surface area (Å²) in [5, 5.41) is 3.18. The van der Waals surface area contributed by atoms with Crippen molar-refractivity contribution in [3.8, 4) is 5.75 Å². The molecule has 24 heavy (non-hydrogen) atoms. The van der Waals surface area contributed by atoms with Crippen molar-refractivity contribution in [3.63, 3.8) is 0 Å². The normalized spacial score (nSPS) is 18.8. The van der Waals surface area contributed by atoms with Gasteiger partial charge in [0.2, 0.25) is 0 Å². The minimum Gasteiger partial charge on any atom is -0.482 e. The molecule has 118 valence electrons. The summed E-state index contributed by atoms with van der Waals surface area (Å²) in [6.45, 7) is 0.867. The minimum absolute atomic E-state index is 0.0313. The van der Waals surface area contributed by atoms with Crippen molar-refractivity contribution >= 4 is 16.6 Å². The molecule has 0 saturated heterocycles. The van der Waals surface area contributed by atoms with Gasteiger partial charge in [-0.3, -0.25) is 0 Å². The van der Waals surface area contributed by atoms with Gasteiger partial charge < -0.3 is 15.0 Å². The Hall–Kier alpha value is -3.01. The molecule has 0 amide bonds. The van der Waals surface area contributed by atoms with Crippen LogP contribution in [-0.4, -0.2) is 16.5 Å². The average Bonchev–Trinajstić information content (AvgIpc) is 3.25. The first kappa shape index (κ1) is 13.4. The van der Waals surface area contributed by atoms with Crippen LogP contribution >= 0.6 is 0 Å². The number of fused-ring (bicyclic) bond motifs is 2. The molecule has 4 nitrogen and oxygen atoms in total. The number of benzene rings is 2. The molecule has 1 aromatic heterocycles. The molecule has 5 rings (SSSR count). The highest BCUT2D eigenvalue weighted by molar-refractivity contribution is 5.84. The summed E-state index contributed by atoms with van der Waals surface area (Å²) in [7, 11) is 0. The smallest absolute Gasteiger partial charge is 0.160 e. The largest absolute Gasteiger partial charge is 0.482 e. The summed E-state index contributed by atoms with van der Waals surface area (Å²) >= 11 is 0. The molecule has 0 saturated carbocycles. The number of allylic oxidation sites excluding steroid dienone is 2. The van der Waals surface area contributed by atoms with Crippen LogP contribution in [0.25, 0.3) is 16.6 Å². The maximum atomic E-state index is 6.04. The second-order valence-corrected chi connectivity index (χ2v) is 6.17. The maximum Gasteiger partial charge on any atom is 0.160 e. The van der Waals surface area contributed by atoms with Crippen LogP contribution in [0.1, 0.15) is 23.1 Å². The Morgan fingerprint density at radius 3 is 2.96 bits per heavy atom. The molecule has 3 aromatic rings. The molecule has 0 radical (unpaired) electrons. The number of aromatic amines is 1. The highest BCUT2D eigenvalue weighted by Gasteiger charge is 2.26. The van der Waals surface area contributed by atoms with E-state index in [2.05, 4.69) is 52.8 Å². The third-order valence-corrected chi connectivity index (χ3v) is 4.61. The van der Waals surface area contributed by atoms with E-state index < -0.39 is 0 Å². The average molecular weight is 315 g/mol. The van der Waals surface area contributed by atoms with Gasteiger partial charge >= 0.3 is 0 Å². The second-order valence-electron chi connectivity index (χ2n) is 6.17. The van der Waals surface area contributed by atoms with E-state index in [1.165, 1.54) is 16.7 Å². The van der Waals surface area contributed by atoms with E-state index in [9.17, 15) is 0 Å². The number of hydrogen-bond donors (Lipinski definition) is 2. The van der Waals surface area contributed by atoms with Gasteiger partial charge in [-0.1, -0.05) is 30.3 Å². The Bertz CT molecular complexity index is 958. The van der Waals surface area contributed by atoms with Crippen LogP contribution in [0.15, 0.2) is 60.8 Å². The number of dihydropyridines is 1. The lowest BCUT2D eigenvalue weighted by Gasteiger charge is -2.08. The molecule has 2 aliphatic heterocycles. The van der Waals surface area contributed by atoms with E-state index in [1.54, 1.807) is 0 Å². The van der Waals surface area contributed by atoms with Gasteiger partial charge in [-0.05, 0) is 47.2 Å². The highest BCUT2D eigenvalue weighted by atomic mass is 16.5. The van der Waals surface area contributed by atoms with Crippen molar-refractivity contribution in [1.82, 2.24) is 15.3 Å². The molecule has 1 unspecified atom stereocenters. The van der Waals surface area contributed by atoms with Crippen molar-refractivity contribution in [3.05, 3.63) is 77.8 Å². The number of nitrogens with one attached hydrogen (secondary N) is 2. The van der Waals surface area contributed by atoms with Crippen LogP contribution in [0, 0.1) is 0 Å². The van der Waals surface area contributed by atoms with Gasteiger partial charge in [0.1, 0.15) is 11.6 Å². The quantitative estimate of drug-likeness (QED) is 0.757. The Morgan fingerprint density at radius 2 is 2.08 bits per heavy atom. The molecule has 2 N–H and O–H groups in total. The molecule has 4 heteroatoms. The summed E-state index contributed by atoms with van der Waals surface area (Å²) in [5.74, 6) is 1.86. The number of H-pyrrole nitrogens is 1. The lowest BCUT2D eigenvalue weighted by Crippen LogP contribution is -2.08. The SMILES string of the molecule is C1=CC(c2ccc3nc(C4Cc5ccccc5O4)[nH]c3c2)=CCN1. The summed E-state index contributed by atoms with van der Waals surface area (Å²) < 4.78 is 6.04. The zero-order valence-electron chi connectivity index (χ0n) is 13.1. The first-order chi connectivity index (χ1) is 11.9. The van der Waals surface area contributed by atoms with Crippen LogP contribution in [-0.2, 0) is 6.42 Å². The van der Waals surface area contributed by atoms with Gasteiger partial charge in [0.25, 0.3) is 0 Å². The van der Waals surface area contributed by atoms with E-state index in [-0.39, 0.29) is 6.10 Å². The van der Waals surface area contributed by atoms with Gasteiger partial charge in [0.15, 0.2) is 6.10 Å². The standard InChI is InChI=1S/C20H17N3O/c1-2-4-18-15(3-1)12-19(24-18)20-22-16-6-5-14(11-17(16)23-20)13-7-9-21-10-8-13/h1-9,11,19,21H,10,12H2,(H,22,23). The van der Waals surface area contributed by atoms with E-state index in [1.807, 2.05) is 18.3 Å². The van der Waals surface area contributed by atoms with E-state index in [0.717, 1.165) is 35.6 Å². The maximum absolute atomic E-state index is 6.04. The predicted octanol–water partition coefficient (Wildman–Crippen LogP) is 3.74. The molecular formula is C20H17N3O. The van der Waals surface area contributed by atoms with Gasteiger partial charge in [-0.2, -0.15) is 0 Å². The van der Waals surface area contributed by atoms with E-state index >= 15 is 0 Å². The minimum atomic E-state index is -0.0313. The van der Waals surface area contributed by atoms with Gasteiger partial charge in [0.05, 0.1) is 11.0 Å². The lowest BCUT2D eigenvalue weighted by atomic mass is 10.0. The van der Waals surface area contributed by atoms with Crippen LogP contribution in [0.4, 0.5) is 0 Å². The Balaban J connectivity index is 1.48. The number of imidazole rings is 1. The van der Waals surface area contributed by atoms with Crippen LogP contribution in [0.2, 0.25) is 0 Å². The Kier molecular flexibility index (Phi) is 2.95. The number of aromatic nitrogens is 2. The first-order valence-corrected chi connectivity index (χ1v) is 8.21. The van der Waals surface area contributed by atoms with Crippen LogP contribution in [0.5, 0.6) is 5.75 Å². The monoisotopic (exact) mass is 315 g/mol. The van der Waals surface area contributed by atoms with Crippen molar-refractivity contribution in [1.29, 1.82) is 0 Å². The molecule has 0 fully saturated rings. The van der Waals surface area contributed by atoms with Gasteiger partial charge in [-0.25, -0.2) is 4.98 Å². The van der Waals surface area contributed by atoms with Crippen molar-refractivity contribution in [2.24, 2.45) is 0 Å². The molecule has 3 heterocycles. The number of hydrogen-bond acceptors (Lipinski definition) is 3. The third-order valence-electron chi connectivity index (χ3n) is 4.61. The van der Waals surface area contributed by atoms with Crippen LogP contribution in [0.3, 0.4) is 0 Å². The first-order valence-electron chi connectivity index (χ1n) is 8.21. The van der Waals surface area contributed by atoms with Crippen molar-refractivity contribution in [2.75, 3.05) is 6.54 Å². The van der Waals surface area contributed by atoms with E-state index in [4.69, 9.17) is 9.72 Å². The van der Waals surface area contributed by atoms with Crippen LogP contribution < -0.4 is 10.1 Å². The Labute approximate surface area is 139 Å². The van der Waals surface area contributed by atoms with Crippen molar-refractivity contribution < 1.29 is 4.74 Å². The summed E-state index contributed by atoms with van der Waals surface area (Å²) in [6.07, 6.45) is 7.11. The predicted molar refractivity (Wildman–Crippen MR) is 94.7 cm³/mol.